The summed E-state index contributed by atoms with van der Waals surface area (Å²) in [6.07, 6.45) is 8.38. The molecule has 0 spiro atoms. The summed E-state index contributed by atoms with van der Waals surface area (Å²) in [5, 5.41) is 8.93. The summed E-state index contributed by atoms with van der Waals surface area (Å²) in [5.41, 5.74) is 0.681. The van der Waals surface area contributed by atoms with E-state index in [2.05, 4.69) is 6.58 Å². The summed E-state index contributed by atoms with van der Waals surface area (Å²) >= 11 is 0. The molecule has 0 bridgehead atoms. The second-order valence-corrected chi connectivity index (χ2v) is 10.5. The van der Waals surface area contributed by atoms with Gasteiger partial charge in [-0.25, -0.2) is 17.2 Å². The first-order valence-corrected chi connectivity index (χ1v) is 12.4. The maximum absolute atomic E-state index is 14.9. The quantitative estimate of drug-likeness (QED) is 0.557. The largest absolute Gasteiger partial charge is 0.396 e. The second kappa shape index (κ2) is 10.8. The highest BCUT2D eigenvalue weighted by Crippen LogP contribution is 2.33. The fourth-order valence-electron chi connectivity index (χ4n) is 4.28. The lowest BCUT2D eigenvalue weighted by molar-refractivity contribution is -0.0406. The third kappa shape index (κ3) is 5.36. The number of ether oxygens (including phenoxy) is 1. The van der Waals surface area contributed by atoms with Gasteiger partial charge >= 0.3 is 0 Å². The third-order valence-electron chi connectivity index (χ3n) is 6.18. The number of nitrogens with zero attached hydrogens (tertiary/aromatic N) is 1. The molecule has 1 unspecified atom stereocenters. The first-order chi connectivity index (χ1) is 15.3. The van der Waals surface area contributed by atoms with E-state index < -0.39 is 32.8 Å². The molecule has 2 atom stereocenters. The number of aliphatic hydroxyl groups excluding tert-OH is 1. The standard InChI is InChI=1S/C24H31F2NO4S/c1-3-5-7-18(4-2)24-8-6-9-27(32(24,29)30)13-19-11-23(26)21(12-22(19)25)20(14-28)10-17-15-31-16-17/h3-5,7,11-12,17,20,24,28H,2,6,8-10,13-16H2,1H3/b5-3-,18-7+/t20?,24-/m1/s1. The Balaban J connectivity index is 1.82. The topological polar surface area (TPSA) is 66.8 Å². The van der Waals surface area contributed by atoms with Crippen LogP contribution < -0.4 is 0 Å². The monoisotopic (exact) mass is 467 g/mol. The molecule has 2 heterocycles. The molecular formula is C24H31F2NO4S. The van der Waals surface area contributed by atoms with Gasteiger partial charge in [-0.2, -0.15) is 4.31 Å². The summed E-state index contributed by atoms with van der Waals surface area (Å²) in [4.78, 5) is 0. The van der Waals surface area contributed by atoms with Gasteiger partial charge < -0.3 is 9.84 Å². The van der Waals surface area contributed by atoms with Crippen LogP contribution in [-0.2, 0) is 21.3 Å². The number of benzene rings is 1. The van der Waals surface area contributed by atoms with Gasteiger partial charge in [-0.1, -0.05) is 30.9 Å². The molecule has 176 valence electrons. The zero-order valence-corrected chi connectivity index (χ0v) is 19.2. The SMILES string of the molecule is C=C/C(=C\C=C/C)[C@H]1CCCN(Cc2cc(F)c(C(CO)CC3COC3)cc2F)S1(=O)=O. The summed E-state index contributed by atoms with van der Waals surface area (Å²) in [5.74, 6) is -1.61. The minimum atomic E-state index is -3.76. The second-order valence-electron chi connectivity index (χ2n) is 8.39. The molecule has 0 aliphatic carbocycles. The number of hydrogen-bond donors (Lipinski definition) is 1. The van der Waals surface area contributed by atoms with Gasteiger partial charge in [0.25, 0.3) is 0 Å². The van der Waals surface area contributed by atoms with Gasteiger partial charge in [-0.05, 0) is 49.5 Å². The van der Waals surface area contributed by atoms with Crippen LogP contribution in [0.3, 0.4) is 0 Å². The number of aliphatic hydroxyl groups is 1. The lowest BCUT2D eigenvalue weighted by atomic mass is 9.87. The van der Waals surface area contributed by atoms with Crippen molar-refractivity contribution in [2.75, 3.05) is 26.4 Å². The minimum Gasteiger partial charge on any atom is -0.396 e. The normalized spacial score (nSPS) is 23.2. The molecule has 0 amide bonds. The van der Waals surface area contributed by atoms with Crippen LogP contribution in [0, 0.1) is 17.6 Å². The Hall–Kier alpha value is -1.87. The van der Waals surface area contributed by atoms with Gasteiger partial charge in [0.05, 0.1) is 19.8 Å². The van der Waals surface area contributed by atoms with E-state index >= 15 is 0 Å². The molecule has 0 saturated carbocycles. The third-order valence-corrected chi connectivity index (χ3v) is 8.44. The van der Waals surface area contributed by atoms with E-state index in [1.807, 2.05) is 6.92 Å². The van der Waals surface area contributed by atoms with Crippen LogP contribution in [0.5, 0.6) is 0 Å². The molecule has 8 heteroatoms. The predicted octanol–water partition coefficient (Wildman–Crippen LogP) is 4.06. The Kier molecular flexibility index (Phi) is 8.38. The van der Waals surface area contributed by atoms with Crippen molar-refractivity contribution in [1.29, 1.82) is 0 Å². The van der Waals surface area contributed by atoms with Crippen molar-refractivity contribution in [3.63, 3.8) is 0 Å². The van der Waals surface area contributed by atoms with E-state index in [0.29, 0.717) is 38.0 Å². The van der Waals surface area contributed by atoms with Crippen LogP contribution in [0.25, 0.3) is 0 Å². The smallest absolute Gasteiger partial charge is 0.221 e. The predicted molar refractivity (Wildman–Crippen MR) is 121 cm³/mol. The van der Waals surface area contributed by atoms with Crippen molar-refractivity contribution in [2.45, 2.75) is 43.9 Å². The molecule has 3 rings (SSSR count). The molecule has 32 heavy (non-hydrogen) atoms. The van der Waals surface area contributed by atoms with Crippen molar-refractivity contribution >= 4 is 10.0 Å². The van der Waals surface area contributed by atoms with Gasteiger partial charge in [0.1, 0.15) is 16.9 Å². The zero-order chi connectivity index (χ0) is 23.3. The van der Waals surface area contributed by atoms with E-state index in [1.54, 1.807) is 18.2 Å². The van der Waals surface area contributed by atoms with Crippen LogP contribution in [0.2, 0.25) is 0 Å². The van der Waals surface area contributed by atoms with Gasteiger partial charge in [0.2, 0.25) is 10.0 Å². The van der Waals surface area contributed by atoms with Crippen LogP contribution in [0.4, 0.5) is 8.78 Å². The summed E-state index contributed by atoms with van der Waals surface area (Å²) in [6.45, 7) is 6.39. The van der Waals surface area contributed by atoms with Crippen molar-refractivity contribution < 1.29 is 27.0 Å². The molecule has 0 aromatic heterocycles. The van der Waals surface area contributed by atoms with E-state index in [0.717, 1.165) is 12.1 Å². The maximum atomic E-state index is 14.9. The van der Waals surface area contributed by atoms with E-state index in [-0.39, 0.29) is 36.7 Å². The molecule has 2 aliphatic heterocycles. The first kappa shape index (κ1) is 24.8. The van der Waals surface area contributed by atoms with Crippen LogP contribution >= 0.6 is 0 Å². The molecular weight excluding hydrogens is 436 g/mol. The lowest BCUT2D eigenvalue weighted by Gasteiger charge is -2.33. The lowest BCUT2D eigenvalue weighted by Crippen LogP contribution is -2.44. The number of hydrogen-bond acceptors (Lipinski definition) is 4. The average molecular weight is 468 g/mol. The van der Waals surface area contributed by atoms with Crippen LogP contribution in [0.1, 0.15) is 43.2 Å². The first-order valence-electron chi connectivity index (χ1n) is 10.9. The maximum Gasteiger partial charge on any atom is 0.221 e. The highest BCUT2D eigenvalue weighted by molar-refractivity contribution is 7.90. The Bertz CT molecular complexity index is 986. The summed E-state index contributed by atoms with van der Waals surface area (Å²) in [7, 11) is -3.76. The van der Waals surface area contributed by atoms with Crippen molar-refractivity contribution in [1.82, 2.24) is 4.31 Å². The minimum absolute atomic E-state index is 0.0169. The Morgan fingerprint density at radius 2 is 2.09 bits per heavy atom. The van der Waals surface area contributed by atoms with Gasteiger partial charge in [0.15, 0.2) is 0 Å². The highest BCUT2D eigenvalue weighted by atomic mass is 32.2. The summed E-state index contributed by atoms with van der Waals surface area (Å²) < 4.78 is 62.6. The number of halogens is 2. The van der Waals surface area contributed by atoms with Crippen molar-refractivity contribution in [3.8, 4) is 0 Å². The fourth-order valence-corrected chi connectivity index (χ4v) is 6.33. The molecule has 0 radical (unpaired) electrons. The van der Waals surface area contributed by atoms with Crippen LogP contribution in [0.15, 0.2) is 48.6 Å². The average Bonchev–Trinajstić information content (AvgIpc) is 2.73. The van der Waals surface area contributed by atoms with E-state index in [4.69, 9.17) is 4.74 Å². The molecule has 2 aliphatic rings. The van der Waals surface area contributed by atoms with Crippen molar-refractivity contribution in [3.05, 3.63) is 71.4 Å². The number of sulfonamides is 1. The molecule has 1 N–H and O–H groups in total. The van der Waals surface area contributed by atoms with E-state index in [1.165, 1.54) is 10.4 Å². The van der Waals surface area contributed by atoms with Gasteiger partial charge in [-0.3, -0.25) is 0 Å². The molecule has 2 fully saturated rings. The Morgan fingerprint density at radius 3 is 2.69 bits per heavy atom. The van der Waals surface area contributed by atoms with Crippen LogP contribution in [-0.4, -0.2) is 49.4 Å². The Morgan fingerprint density at radius 1 is 1.34 bits per heavy atom. The van der Waals surface area contributed by atoms with Gasteiger partial charge in [-0.15, -0.1) is 0 Å². The fraction of sp³-hybridized carbons (Fsp3) is 0.500. The molecule has 2 saturated heterocycles. The molecule has 5 nitrogen and oxygen atoms in total. The highest BCUT2D eigenvalue weighted by Gasteiger charge is 2.37. The zero-order valence-electron chi connectivity index (χ0n) is 18.3. The Labute approximate surface area is 189 Å². The molecule has 1 aromatic rings. The van der Waals surface area contributed by atoms with Crippen molar-refractivity contribution in [2.24, 2.45) is 5.92 Å². The number of rotatable bonds is 9. The van der Waals surface area contributed by atoms with E-state index in [9.17, 15) is 22.3 Å². The number of allylic oxidation sites excluding steroid dienone is 4. The van der Waals surface area contributed by atoms with Gasteiger partial charge in [0, 0.05) is 30.5 Å². The summed E-state index contributed by atoms with van der Waals surface area (Å²) in [6, 6.07) is 2.16. The molecule has 1 aromatic carbocycles.